The maximum Gasteiger partial charge on any atom is 0.243 e. The van der Waals surface area contributed by atoms with Crippen molar-refractivity contribution in [2.24, 2.45) is 10.8 Å². The fourth-order valence-corrected chi connectivity index (χ4v) is 6.19. The molecule has 0 radical (unpaired) electrons. The van der Waals surface area contributed by atoms with Gasteiger partial charge in [0.05, 0.1) is 31.5 Å². The predicted molar refractivity (Wildman–Crippen MR) is 124 cm³/mol. The first-order valence-corrected chi connectivity index (χ1v) is 12.4. The fourth-order valence-electron chi connectivity index (χ4n) is 6.00. The monoisotopic (exact) mass is 497 g/mol. The van der Waals surface area contributed by atoms with Gasteiger partial charge in [-0.2, -0.15) is 5.26 Å². The minimum Gasteiger partial charge on any atom is -0.375 e. The number of likely N-dealkylation sites (tertiary alicyclic amines) is 1. The molecule has 7 rings (SSSR count). The van der Waals surface area contributed by atoms with Gasteiger partial charge in [0.25, 0.3) is 0 Å². The Kier molecular flexibility index (Phi) is 4.40. The lowest BCUT2D eigenvalue weighted by Gasteiger charge is -2.60. The van der Waals surface area contributed by atoms with E-state index in [1.807, 2.05) is 28.0 Å². The number of amides is 1. The smallest absolute Gasteiger partial charge is 0.243 e. The molecule has 1 spiro atoms. The Labute approximate surface area is 207 Å². The lowest BCUT2D eigenvalue weighted by atomic mass is 9.72. The molecule has 2 aromatic rings. The van der Waals surface area contributed by atoms with Gasteiger partial charge >= 0.3 is 0 Å². The number of nitriles is 1. The molecule has 5 aliphatic rings. The number of hydrogen-bond donors (Lipinski definition) is 0. The number of nitrogens with zero attached hydrogens (tertiary/aromatic N) is 7. The molecule has 35 heavy (non-hydrogen) atoms. The Bertz CT molecular complexity index is 1270. The third-order valence-corrected chi connectivity index (χ3v) is 8.27. The van der Waals surface area contributed by atoms with E-state index in [0.717, 1.165) is 36.1 Å². The molecule has 1 saturated carbocycles. The molecule has 9 nitrogen and oxygen atoms in total. The molecule has 4 fully saturated rings. The van der Waals surface area contributed by atoms with Crippen molar-refractivity contribution in [1.29, 1.82) is 5.26 Å². The van der Waals surface area contributed by atoms with Gasteiger partial charge in [-0.25, -0.2) is 4.39 Å². The molecule has 1 aliphatic carbocycles. The number of rotatable bonds is 4. The van der Waals surface area contributed by atoms with Crippen LogP contribution in [-0.2, 0) is 22.6 Å². The van der Waals surface area contributed by atoms with Crippen LogP contribution in [0.2, 0.25) is 5.02 Å². The van der Waals surface area contributed by atoms with E-state index in [9.17, 15) is 14.4 Å². The number of carbonyl (C=O) groups is 1. The first-order chi connectivity index (χ1) is 16.8. The van der Waals surface area contributed by atoms with Gasteiger partial charge in [-0.05, 0) is 36.6 Å². The summed E-state index contributed by atoms with van der Waals surface area (Å²) in [6.07, 6.45) is 1.36. The molecule has 11 heteroatoms. The molecule has 5 heterocycles. The van der Waals surface area contributed by atoms with E-state index in [2.05, 4.69) is 25.7 Å². The number of fused-ring (bicyclic) bond motifs is 3. The Hall–Kier alpha value is -2.74. The molecule has 4 aliphatic heterocycles. The summed E-state index contributed by atoms with van der Waals surface area (Å²) in [5.41, 5.74) is -0.0731. The topological polar surface area (TPSA) is 90.5 Å². The van der Waals surface area contributed by atoms with Crippen LogP contribution in [0.15, 0.2) is 18.2 Å². The van der Waals surface area contributed by atoms with E-state index in [0.29, 0.717) is 44.0 Å². The van der Waals surface area contributed by atoms with Crippen LogP contribution in [0.1, 0.15) is 24.2 Å². The predicted octanol–water partition coefficient (Wildman–Crippen LogP) is 1.93. The van der Waals surface area contributed by atoms with Crippen LogP contribution < -0.4 is 4.90 Å². The van der Waals surface area contributed by atoms with E-state index in [4.69, 9.17) is 16.3 Å². The van der Waals surface area contributed by atoms with Gasteiger partial charge in [0, 0.05) is 49.7 Å². The number of halogens is 2. The third kappa shape index (κ3) is 3.29. The molecule has 0 unspecified atom stereocenters. The maximum absolute atomic E-state index is 14.9. The largest absolute Gasteiger partial charge is 0.375 e. The van der Waals surface area contributed by atoms with Crippen molar-refractivity contribution in [3.8, 4) is 11.8 Å². The molecule has 3 saturated heterocycles. The van der Waals surface area contributed by atoms with Gasteiger partial charge in [-0.3, -0.25) is 14.3 Å². The summed E-state index contributed by atoms with van der Waals surface area (Å²) in [7, 11) is 0. The number of hydrogen-bond acceptors (Lipinski definition) is 7. The molecule has 0 N–H and O–H groups in total. The summed E-state index contributed by atoms with van der Waals surface area (Å²) < 4.78 is 22.1. The zero-order chi connectivity index (χ0) is 24.0. The average molecular weight is 498 g/mol. The highest BCUT2D eigenvalue weighted by molar-refractivity contribution is 6.30. The highest BCUT2D eigenvalue weighted by atomic mass is 35.5. The normalized spacial score (nSPS) is 24.8. The van der Waals surface area contributed by atoms with Crippen molar-refractivity contribution >= 4 is 23.5 Å². The molecule has 1 amide bonds. The Morgan fingerprint density at radius 3 is 2.60 bits per heavy atom. The van der Waals surface area contributed by atoms with Gasteiger partial charge in [-0.1, -0.05) is 11.6 Å². The van der Waals surface area contributed by atoms with Gasteiger partial charge < -0.3 is 14.5 Å². The Balaban J connectivity index is 1.12. The van der Waals surface area contributed by atoms with Crippen LogP contribution in [0.3, 0.4) is 0 Å². The summed E-state index contributed by atoms with van der Waals surface area (Å²) >= 11 is 6.33. The van der Waals surface area contributed by atoms with E-state index in [1.54, 1.807) is 0 Å². The van der Waals surface area contributed by atoms with Crippen molar-refractivity contribution in [3.05, 3.63) is 34.6 Å². The van der Waals surface area contributed by atoms with Gasteiger partial charge in [0.15, 0.2) is 11.5 Å². The minimum atomic E-state index is -1.33. The number of benzene rings is 1. The molecule has 0 atom stereocenters. The third-order valence-electron chi connectivity index (χ3n) is 8.03. The maximum atomic E-state index is 14.9. The van der Waals surface area contributed by atoms with Crippen molar-refractivity contribution in [1.82, 2.24) is 24.6 Å². The molecule has 1 aromatic heterocycles. The molecule has 1 aromatic carbocycles. The van der Waals surface area contributed by atoms with Crippen LogP contribution in [0.4, 0.5) is 10.3 Å². The number of alkyl halides is 1. The summed E-state index contributed by atoms with van der Waals surface area (Å²) in [6.45, 7) is 4.48. The zero-order valence-electron chi connectivity index (χ0n) is 19.2. The van der Waals surface area contributed by atoms with Crippen LogP contribution in [0.25, 0.3) is 5.69 Å². The Morgan fingerprint density at radius 2 is 1.94 bits per heavy atom. The van der Waals surface area contributed by atoms with E-state index >= 15 is 0 Å². The minimum absolute atomic E-state index is 0.00573. The van der Waals surface area contributed by atoms with Crippen molar-refractivity contribution in [3.63, 3.8) is 0 Å². The molecular weight excluding hydrogens is 473 g/mol. The number of ether oxygens (including phenoxy) is 1. The molecular formula is C24H25ClFN7O2. The summed E-state index contributed by atoms with van der Waals surface area (Å²) in [5, 5.41) is 19.0. The van der Waals surface area contributed by atoms with Crippen LogP contribution in [-0.4, -0.2) is 82.1 Å². The molecule has 0 bridgehead atoms. The second-order valence-corrected chi connectivity index (χ2v) is 11.5. The van der Waals surface area contributed by atoms with Gasteiger partial charge in [-0.15, -0.1) is 10.2 Å². The highest BCUT2D eigenvalue weighted by Crippen LogP contribution is 2.50. The Morgan fingerprint density at radius 1 is 1.17 bits per heavy atom. The fraction of sp³-hybridized carbons (Fsp3) is 0.583. The first-order valence-electron chi connectivity index (χ1n) is 12.0. The SMILES string of the molecule is N#CC1(C(=O)N2CC3(C2)CN(c2nnc4n2-c2ccc(Cl)cc2CN(CC2(F)COC2)C4)C3)CC1. The van der Waals surface area contributed by atoms with E-state index < -0.39 is 11.1 Å². The number of carbonyl (C=O) groups excluding carboxylic acids is 1. The first kappa shape index (κ1) is 21.5. The van der Waals surface area contributed by atoms with Crippen LogP contribution >= 0.6 is 11.6 Å². The lowest BCUT2D eigenvalue weighted by Crippen LogP contribution is -2.74. The van der Waals surface area contributed by atoms with Gasteiger partial charge in [0.2, 0.25) is 11.9 Å². The molecule has 182 valence electrons. The number of aromatic nitrogens is 3. The van der Waals surface area contributed by atoms with Crippen LogP contribution in [0, 0.1) is 22.2 Å². The van der Waals surface area contributed by atoms with Gasteiger partial charge in [0.1, 0.15) is 5.41 Å². The van der Waals surface area contributed by atoms with Crippen LogP contribution in [0.5, 0.6) is 0 Å². The van der Waals surface area contributed by atoms with Crippen molar-refractivity contribution in [2.75, 3.05) is 50.8 Å². The average Bonchev–Trinajstić information content (AvgIpc) is 3.49. The zero-order valence-corrected chi connectivity index (χ0v) is 20.0. The second kappa shape index (κ2) is 7.15. The standard InChI is InChI=1S/C24H25ClFN7O2/c25-17-1-2-18-16(5-17)6-30(13-24(26)14-35-15-24)7-19-28-29-21(33(18)19)32-11-22(12-32)9-31(10-22)20(34)23(8-27)3-4-23/h1-2,5H,3-4,6-7,9-15H2. The second-order valence-electron chi connectivity index (χ2n) is 11.0. The summed E-state index contributed by atoms with van der Waals surface area (Å²) in [5.74, 6) is 1.52. The summed E-state index contributed by atoms with van der Waals surface area (Å²) in [6, 6.07) is 7.97. The van der Waals surface area contributed by atoms with Crippen molar-refractivity contribution < 1.29 is 13.9 Å². The summed E-state index contributed by atoms with van der Waals surface area (Å²) in [4.78, 5) is 18.7. The highest BCUT2D eigenvalue weighted by Gasteiger charge is 2.60. The lowest BCUT2D eigenvalue weighted by molar-refractivity contribution is -0.149. The van der Waals surface area contributed by atoms with Crippen molar-refractivity contribution in [2.45, 2.75) is 31.6 Å². The van der Waals surface area contributed by atoms with E-state index in [-0.39, 0.29) is 31.1 Å². The van der Waals surface area contributed by atoms with E-state index in [1.165, 1.54) is 0 Å². The quantitative estimate of drug-likeness (QED) is 0.637. The number of anilines is 1.